The van der Waals surface area contributed by atoms with Crippen molar-refractivity contribution in [2.24, 2.45) is 5.92 Å². The van der Waals surface area contributed by atoms with Crippen LogP contribution in [0, 0.1) is 5.92 Å². The van der Waals surface area contributed by atoms with Gasteiger partial charge in [-0.05, 0) is 56.2 Å². The Bertz CT molecular complexity index is 617. The van der Waals surface area contributed by atoms with E-state index < -0.39 is 11.4 Å². The number of carbonyl (C=O) groups excluding carboxylic acids is 1. The van der Waals surface area contributed by atoms with E-state index in [1.165, 1.54) is 0 Å². The number of rotatable bonds is 4. The fourth-order valence-electron chi connectivity index (χ4n) is 4.22. The Hall–Kier alpha value is -1.55. The van der Waals surface area contributed by atoms with Gasteiger partial charge in [-0.15, -0.1) is 0 Å². The molecule has 4 nitrogen and oxygen atoms in total. The highest BCUT2D eigenvalue weighted by Crippen LogP contribution is 2.42. The van der Waals surface area contributed by atoms with Crippen LogP contribution < -0.4 is 5.32 Å². The van der Waals surface area contributed by atoms with E-state index in [9.17, 15) is 9.59 Å². The molecule has 1 aromatic carbocycles. The molecular weight excluding hydrogens is 326 g/mol. The van der Waals surface area contributed by atoms with Gasteiger partial charge in [0.25, 0.3) is 0 Å². The maximum Gasteiger partial charge on any atom is 0.306 e. The molecule has 130 valence electrons. The van der Waals surface area contributed by atoms with Crippen molar-refractivity contribution in [3.63, 3.8) is 0 Å². The summed E-state index contributed by atoms with van der Waals surface area (Å²) in [4.78, 5) is 24.2. The molecule has 2 aliphatic rings. The lowest BCUT2D eigenvalue weighted by molar-refractivity contribution is -0.142. The van der Waals surface area contributed by atoms with Gasteiger partial charge < -0.3 is 10.4 Å². The van der Waals surface area contributed by atoms with Crippen LogP contribution in [0.25, 0.3) is 0 Å². The van der Waals surface area contributed by atoms with E-state index in [0.29, 0.717) is 17.9 Å². The molecule has 0 aliphatic heterocycles. The van der Waals surface area contributed by atoms with Crippen molar-refractivity contribution < 1.29 is 14.7 Å². The molecule has 3 rings (SSSR count). The molecule has 1 amide bonds. The average molecular weight is 350 g/mol. The zero-order chi connectivity index (χ0) is 17.2. The molecule has 24 heavy (non-hydrogen) atoms. The van der Waals surface area contributed by atoms with Crippen LogP contribution in [-0.2, 0) is 15.0 Å². The minimum Gasteiger partial charge on any atom is -0.481 e. The fourth-order valence-corrected chi connectivity index (χ4v) is 4.41. The van der Waals surface area contributed by atoms with Gasteiger partial charge in [0.2, 0.25) is 5.91 Å². The third kappa shape index (κ3) is 3.44. The molecule has 5 heteroatoms. The van der Waals surface area contributed by atoms with Crippen molar-refractivity contribution in [3.05, 3.63) is 34.9 Å². The zero-order valence-electron chi connectivity index (χ0n) is 13.8. The summed E-state index contributed by atoms with van der Waals surface area (Å²) in [6.07, 6.45) is 6.57. The average Bonchev–Trinajstić information content (AvgIpc) is 3.06. The van der Waals surface area contributed by atoms with Gasteiger partial charge in [0.15, 0.2) is 0 Å². The van der Waals surface area contributed by atoms with E-state index in [1.54, 1.807) is 0 Å². The number of carbonyl (C=O) groups is 2. The molecule has 0 atom stereocenters. The number of hydrogen-bond donors (Lipinski definition) is 2. The lowest BCUT2D eigenvalue weighted by Crippen LogP contribution is -2.48. The first kappa shape index (κ1) is 17.3. The largest absolute Gasteiger partial charge is 0.481 e. The molecule has 2 saturated carbocycles. The first-order valence-electron chi connectivity index (χ1n) is 8.81. The number of carboxylic acids is 1. The van der Waals surface area contributed by atoms with Crippen molar-refractivity contribution >= 4 is 23.5 Å². The molecule has 2 aliphatic carbocycles. The minimum atomic E-state index is -0.717. The van der Waals surface area contributed by atoms with Crippen LogP contribution in [0.5, 0.6) is 0 Å². The van der Waals surface area contributed by atoms with Crippen molar-refractivity contribution in [2.45, 2.75) is 62.8 Å². The number of amides is 1. The standard InChI is InChI=1S/C19H24ClNO3/c20-15-5-3-4-14(12-15)19(10-1-2-11-19)18(24)21-16-8-6-13(7-9-16)17(22)23/h3-5,12-13,16H,1-2,6-11H2,(H,21,24)(H,22,23). The Morgan fingerprint density at radius 2 is 1.79 bits per heavy atom. The minimum absolute atomic E-state index is 0.0843. The molecule has 0 heterocycles. The zero-order valence-corrected chi connectivity index (χ0v) is 14.5. The van der Waals surface area contributed by atoms with Gasteiger partial charge in [-0.3, -0.25) is 9.59 Å². The van der Waals surface area contributed by atoms with Crippen LogP contribution in [0.15, 0.2) is 24.3 Å². The fraction of sp³-hybridized carbons (Fsp3) is 0.579. The molecule has 1 aromatic rings. The van der Waals surface area contributed by atoms with Crippen molar-refractivity contribution in [2.75, 3.05) is 0 Å². The van der Waals surface area contributed by atoms with Crippen molar-refractivity contribution in [3.8, 4) is 0 Å². The van der Waals surface area contributed by atoms with E-state index in [2.05, 4.69) is 5.32 Å². The van der Waals surface area contributed by atoms with Crippen molar-refractivity contribution in [1.29, 1.82) is 0 Å². The number of hydrogen-bond acceptors (Lipinski definition) is 2. The quantitative estimate of drug-likeness (QED) is 0.866. The summed E-state index contributed by atoms with van der Waals surface area (Å²) >= 11 is 6.14. The van der Waals surface area contributed by atoms with Crippen LogP contribution in [0.1, 0.15) is 56.9 Å². The van der Waals surface area contributed by atoms with Gasteiger partial charge in [-0.25, -0.2) is 0 Å². The summed E-state index contributed by atoms with van der Waals surface area (Å²) in [6, 6.07) is 7.73. The van der Waals surface area contributed by atoms with Gasteiger partial charge in [0.1, 0.15) is 0 Å². The van der Waals surface area contributed by atoms with Gasteiger partial charge in [-0.1, -0.05) is 36.6 Å². The Morgan fingerprint density at radius 1 is 1.12 bits per heavy atom. The monoisotopic (exact) mass is 349 g/mol. The Morgan fingerprint density at radius 3 is 2.38 bits per heavy atom. The second-order valence-electron chi connectivity index (χ2n) is 7.16. The number of benzene rings is 1. The highest BCUT2D eigenvalue weighted by Gasteiger charge is 2.43. The van der Waals surface area contributed by atoms with Crippen LogP contribution in [0.2, 0.25) is 5.02 Å². The number of carboxylic acid groups (broad SMARTS) is 1. The third-order valence-corrected chi connectivity index (χ3v) is 5.92. The van der Waals surface area contributed by atoms with E-state index in [-0.39, 0.29) is 17.9 Å². The van der Waals surface area contributed by atoms with Gasteiger partial charge >= 0.3 is 5.97 Å². The Balaban J connectivity index is 1.71. The van der Waals surface area contributed by atoms with Gasteiger partial charge in [0.05, 0.1) is 11.3 Å². The number of halogens is 1. The molecule has 0 saturated heterocycles. The predicted molar refractivity (Wildman–Crippen MR) is 93.1 cm³/mol. The SMILES string of the molecule is O=C(O)C1CCC(NC(=O)C2(c3cccc(Cl)c3)CCCC2)CC1. The maximum absolute atomic E-state index is 13.1. The summed E-state index contributed by atoms with van der Waals surface area (Å²) in [7, 11) is 0. The molecule has 0 bridgehead atoms. The first-order chi connectivity index (χ1) is 11.5. The van der Waals surface area contributed by atoms with Crippen LogP contribution in [-0.4, -0.2) is 23.0 Å². The molecular formula is C19H24ClNO3. The molecule has 0 unspecified atom stereocenters. The number of nitrogens with one attached hydrogen (secondary N) is 1. The van der Waals surface area contributed by atoms with Gasteiger partial charge in [0, 0.05) is 11.1 Å². The summed E-state index contributed by atoms with van der Waals surface area (Å²) in [5, 5.41) is 13.0. The molecule has 0 radical (unpaired) electrons. The molecule has 2 fully saturated rings. The lowest BCUT2D eigenvalue weighted by atomic mass is 9.77. The topological polar surface area (TPSA) is 66.4 Å². The van der Waals surface area contributed by atoms with E-state index >= 15 is 0 Å². The predicted octanol–water partition coefficient (Wildman–Crippen LogP) is 3.91. The summed E-state index contributed by atoms with van der Waals surface area (Å²) in [5.74, 6) is -0.890. The second-order valence-corrected chi connectivity index (χ2v) is 7.60. The molecule has 0 spiro atoms. The second kappa shape index (κ2) is 7.14. The smallest absolute Gasteiger partial charge is 0.306 e. The lowest BCUT2D eigenvalue weighted by Gasteiger charge is -2.33. The summed E-state index contributed by atoms with van der Waals surface area (Å²) in [6.45, 7) is 0. The maximum atomic E-state index is 13.1. The Kier molecular flexibility index (Phi) is 5.14. The molecule has 2 N–H and O–H groups in total. The third-order valence-electron chi connectivity index (χ3n) is 5.68. The van der Waals surface area contributed by atoms with Crippen LogP contribution in [0.4, 0.5) is 0 Å². The van der Waals surface area contributed by atoms with Gasteiger partial charge in [-0.2, -0.15) is 0 Å². The van der Waals surface area contributed by atoms with Crippen molar-refractivity contribution in [1.82, 2.24) is 5.32 Å². The van der Waals surface area contributed by atoms with Crippen LogP contribution >= 0.6 is 11.6 Å². The van der Waals surface area contributed by atoms with Crippen LogP contribution in [0.3, 0.4) is 0 Å². The summed E-state index contributed by atoms with van der Waals surface area (Å²) in [5.41, 5.74) is 0.526. The highest BCUT2D eigenvalue weighted by atomic mass is 35.5. The molecule has 0 aromatic heterocycles. The van der Waals surface area contributed by atoms with E-state index in [0.717, 1.165) is 44.1 Å². The Labute approximate surface area is 147 Å². The van der Waals surface area contributed by atoms with E-state index in [4.69, 9.17) is 16.7 Å². The summed E-state index contributed by atoms with van der Waals surface area (Å²) < 4.78 is 0. The number of aliphatic carboxylic acids is 1. The normalized spacial score (nSPS) is 26.0. The first-order valence-corrected chi connectivity index (χ1v) is 9.19. The van der Waals surface area contributed by atoms with E-state index in [1.807, 2.05) is 24.3 Å². The highest BCUT2D eigenvalue weighted by molar-refractivity contribution is 6.30.